The highest BCUT2D eigenvalue weighted by Crippen LogP contribution is 2.24. The molecule has 0 amide bonds. The van der Waals surface area contributed by atoms with Gasteiger partial charge in [0.05, 0.1) is 6.04 Å². The van der Waals surface area contributed by atoms with E-state index in [1.807, 2.05) is 30.3 Å². The maximum atomic E-state index is 12.3. The number of Topliss-reactive ketones (excluding diaryl/α,β-unsaturated/α-hetero) is 1. The van der Waals surface area contributed by atoms with Gasteiger partial charge in [-0.3, -0.25) is 4.79 Å². The summed E-state index contributed by atoms with van der Waals surface area (Å²) in [5, 5.41) is 3.29. The van der Waals surface area contributed by atoms with Crippen molar-refractivity contribution >= 4 is 18.2 Å². The van der Waals surface area contributed by atoms with Gasteiger partial charge in [0.25, 0.3) is 0 Å². The molecule has 0 radical (unpaired) electrons. The van der Waals surface area contributed by atoms with Gasteiger partial charge in [0.15, 0.2) is 5.78 Å². The van der Waals surface area contributed by atoms with Crippen LogP contribution in [0.4, 0.5) is 0 Å². The Morgan fingerprint density at radius 1 is 1.05 bits per heavy atom. The van der Waals surface area contributed by atoms with Crippen molar-refractivity contribution in [3.8, 4) is 11.1 Å². The predicted octanol–water partition coefficient (Wildman–Crippen LogP) is 3.64. The standard InChI is InChI=1S/C18H19NO.ClH/c20-18(17-11-6-12-19-17)13-15-9-4-5-10-16(15)14-7-2-1-3-8-14;/h1-5,7-10,17,19H,6,11-13H2;1H/t17-;/m1./s1. The van der Waals surface area contributed by atoms with Gasteiger partial charge in [0.2, 0.25) is 0 Å². The van der Waals surface area contributed by atoms with Crippen LogP contribution in [0.2, 0.25) is 0 Å². The van der Waals surface area contributed by atoms with Gasteiger partial charge in [-0.25, -0.2) is 0 Å². The number of hydrogen-bond acceptors (Lipinski definition) is 2. The van der Waals surface area contributed by atoms with E-state index in [0.29, 0.717) is 12.2 Å². The number of benzene rings is 2. The molecule has 1 aliphatic heterocycles. The lowest BCUT2D eigenvalue weighted by atomic mass is 9.94. The quantitative estimate of drug-likeness (QED) is 0.934. The van der Waals surface area contributed by atoms with E-state index >= 15 is 0 Å². The molecule has 1 saturated heterocycles. The fourth-order valence-electron chi connectivity index (χ4n) is 2.84. The van der Waals surface area contributed by atoms with Crippen LogP contribution in [-0.4, -0.2) is 18.4 Å². The topological polar surface area (TPSA) is 29.1 Å². The lowest BCUT2D eigenvalue weighted by Crippen LogP contribution is -2.32. The molecule has 2 aromatic rings. The minimum absolute atomic E-state index is 0. The van der Waals surface area contributed by atoms with Crippen molar-refractivity contribution in [1.29, 1.82) is 0 Å². The molecule has 0 aromatic heterocycles. The summed E-state index contributed by atoms with van der Waals surface area (Å²) in [7, 11) is 0. The van der Waals surface area contributed by atoms with E-state index in [9.17, 15) is 4.79 Å². The summed E-state index contributed by atoms with van der Waals surface area (Å²) in [6.07, 6.45) is 2.60. The van der Waals surface area contributed by atoms with Crippen LogP contribution in [0, 0.1) is 0 Å². The Balaban J connectivity index is 0.00000161. The third-order valence-electron chi connectivity index (χ3n) is 3.92. The summed E-state index contributed by atoms with van der Waals surface area (Å²) in [5.74, 6) is 0.311. The molecule has 0 bridgehead atoms. The fourth-order valence-corrected chi connectivity index (χ4v) is 2.84. The minimum Gasteiger partial charge on any atom is -0.307 e. The Morgan fingerprint density at radius 3 is 2.48 bits per heavy atom. The second-order valence-corrected chi connectivity index (χ2v) is 5.32. The Labute approximate surface area is 132 Å². The molecule has 3 rings (SSSR count). The number of ketones is 1. The van der Waals surface area contributed by atoms with Crippen LogP contribution in [-0.2, 0) is 11.2 Å². The van der Waals surface area contributed by atoms with Gasteiger partial charge < -0.3 is 5.32 Å². The highest BCUT2D eigenvalue weighted by molar-refractivity contribution is 5.88. The molecule has 3 heteroatoms. The first-order chi connectivity index (χ1) is 9.84. The van der Waals surface area contributed by atoms with Crippen LogP contribution in [0.15, 0.2) is 54.6 Å². The third-order valence-corrected chi connectivity index (χ3v) is 3.92. The van der Waals surface area contributed by atoms with Crippen LogP contribution in [0.25, 0.3) is 11.1 Å². The Kier molecular flexibility index (Phi) is 5.54. The zero-order valence-corrected chi connectivity index (χ0v) is 12.7. The number of nitrogens with one attached hydrogen (secondary N) is 1. The van der Waals surface area contributed by atoms with E-state index in [1.54, 1.807) is 0 Å². The van der Waals surface area contributed by atoms with Crippen LogP contribution in [0.1, 0.15) is 18.4 Å². The van der Waals surface area contributed by atoms with Gasteiger partial charge in [-0.05, 0) is 36.1 Å². The SMILES string of the molecule is Cl.O=C(Cc1ccccc1-c1ccccc1)[C@H]1CCCN1. The van der Waals surface area contributed by atoms with Crippen LogP contribution in [0.5, 0.6) is 0 Å². The van der Waals surface area contributed by atoms with E-state index in [4.69, 9.17) is 0 Å². The van der Waals surface area contributed by atoms with Crippen molar-refractivity contribution in [3.05, 3.63) is 60.2 Å². The zero-order chi connectivity index (χ0) is 13.8. The highest BCUT2D eigenvalue weighted by atomic mass is 35.5. The fraction of sp³-hybridized carbons (Fsp3) is 0.278. The van der Waals surface area contributed by atoms with Crippen molar-refractivity contribution in [2.24, 2.45) is 0 Å². The van der Waals surface area contributed by atoms with Crippen molar-refractivity contribution in [3.63, 3.8) is 0 Å². The number of halogens is 1. The number of rotatable bonds is 4. The molecule has 1 aliphatic rings. The summed E-state index contributed by atoms with van der Waals surface area (Å²) >= 11 is 0. The summed E-state index contributed by atoms with van der Waals surface area (Å²) in [6, 6.07) is 18.5. The normalized spacial score (nSPS) is 17.2. The Morgan fingerprint density at radius 2 is 1.76 bits per heavy atom. The van der Waals surface area contributed by atoms with Gasteiger partial charge >= 0.3 is 0 Å². The van der Waals surface area contributed by atoms with Crippen LogP contribution in [0.3, 0.4) is 0 Å². The second-order valence-electron chi connectivity index (χ2n) is 5.32. The van der Waals surface area contributed by atoms with E-state index in [-0.39, 0.29) is 18.4 Å². The first kappa shape index (κ1) is 15.7. The third kappa shape index (κ3) is 3.72. The maximum absolute atomic E-state index is 12.3. The van der Waals surface area contributed by atoms with Gasteiger partial charge in [-0.15, -0.1) is 12.4 Å². The number of carbonyl (C=O) groups excluding carboxylic acids is 1. The minimum atomic E-state index is 0. The lowest BCUT2D eigenvalue weighted by Gasteiger charge is -2.12. The molecule has 1 fully saturated rings. The number of carbonyl (C=O) groups is 1. The maximum Gasteiger partial charge on any atom is 0.154 e. The molecule has 1 N–H and O–H groups in total. The molecule has 1 heterocycles. The van der Waals surface area contributed by atoms with Gasteiger partial charge in [-0.2, -0.15) is 0 Å². The van der Waals surface area contributed by atoms with Crippen LogP contribution < -0.4 is 5.32 Å². The average molecular weight is 302 g/mol. The molecule has 2 aromatic carbocycles. The largest absolute Gasteiger partial charge is 0.307 e. The van der Waals surface area contributed by atoms with Crippen molar-refractivity contribution in [2.45, 2.75) is 25.3 Å². The van der Waals surface area contributed by atoms with Crippen LogP contribution >= 0.6 is 12.4 Å². The summed E-state index contributed by atoms with van der Waals surface area (Å²) in [5.41, 5.74) is 3.46. The molecule has 0 unspecified atom stereocenters. The van der Waals surface area contributed by atoms with E-state index in [2.05, 4.69) is 29.6 Å². The van der Waals surface area contributed by atoms with Gasteiger partial charge in [0.1, 0.15) is 0 Å². The zero-order valence-electron chi connectivity index (χ0n) is 11.9. The van der Waals surface area contributed by atoms with Crippen molar-refractivity contribution in [2.75, 3.05) is 6.54 Å². The molecular weight excluding hydrogens is 282 g/mol. The average Bonchev–Trinajstić information content (AvgIpc) is 3.03. The van der Waals surface area contributed by atoms with E-state index in [1.165, 1.54) is 11.1 Å². The lowest BCUT2D eigenvalue weighted by molar-refractivity contribution is -0.120. The molecule has 0 spiro atoms. The Bertz CT molecular complexity index is 591. The summed E-state index contributed by atoms with van der Waals surface area (Å²) in [4.78, 5) is 12.3. The first-order valence-electron chi connectivity index (χ1n) is 7.24. The summed E-state index contributed by atoms with van der Waals surface area (Å²) in [6.45, 7) is 0.969. The van der Waals surface area contributed by atoms with E-state index < -0.39 is 0 Å². The molecule has 0 aliphatic carbocycles. The van der Waals surface area contributed by atoms with Crippen molar-refractivity contribution < 1.29 is 4.79 Å². The molecule has 0 saturated carbocycles. The number of hydrogen-bond donors (Lipinski definition) is 1. The monoisotopic (exact) mass is 301 g/mol. The Hall–Kier alpha value is -1.64. The van der Waals surface area contributed by atoms with Gasteiger partial charge in [-0.1, -0.05) is 54.6 Å². The predicted molar refractivity (Wildman–Crippen MR) is 88.9 cm³/mol. The molecular formula is C18H20ClNO. The second kappa shape index (κ2) is 7.39. The van der Waals surface area contributed by atoms with Crippen molar-refractivity contribution in [1.82, 2.24) is 5.32 Å². The molecule has 2 nitrogen and oxygen atoms in total. The molecule has 21 heavy (non-hydrogen) atoms. The molecule has 110 valence electrons. The highest BCUT2D eigenvalue weighted by Gasteiger charge is 2.22. The summed E-state index contributed by atoms with van der Waals surface area (Å²) < 4.78 is 0. The molecule has 1 atom stereocenters. The van der Waals surface area contributed by atoms with Gasteiger partial charge in [0, 0.05) is 6.42 Å². The first-order valence-corrected chi connectivity index (χ1v) is 7.24. The van der Waals surface area contributed by atoms with E-state index in [0.717, 1.165) is 24.9 Å². The smallest absolute Gasteiger partial charge is 0.154 e.